The second-order valence-corrected chi connectivity index (χ2v) is 3.95. The standard InChI is InChI=1S/C6H3ClO.C6H15N/c7-5-2-1-4-3-6(5)8-4;1-2-3-4-5-6-7/h1-3H;2-7H2,1H3. The number of hydrogen-bond donors (Lipinski definition) is 1. The van der Waals surface area contributed by atoms with E-state index >= 15 is 0 Å². The predicted molar refractivity (Wildman–Crippen MR) is 64.7 cm³/mol. The molecule has 2 heterocycles. The van der Waals surface area contributed by atoms with E-state index in [1.165, 1.54) is 25.7 Å². The molecule has 2 nitrogen and oxygen atoms in total. The zero-order valence-corrected chi connectivity index (χ0v) is 9.89. The summed E-state index contributed by atoms with van der Waals surface area (Å²) in [5.41, 5.74) is 5.27. The van der Waals surface area contributed by atoms with Crippen LogP contribution in [0.4, 0.5) is 0 Å². The van der Waals surface area contributed by atoms with Gasteiger partial charge in [-0.05, 0) is 25.1 Å². The molecule has 2 bridgehead atoms. The lowest BCUT2D eigenvalue weighted by Gasteiger charge is -2.16. The van der Waals surface area contributed by atoms with Crippen molar-refractivity contribution in [2.75, 3.05) is 6.54 Å². The maximum absolute atomic E-state index is 5.63. The van der Waals surface area contributed by atoms with E-state index in [0.29, 0.717) is 5.02 Å². The summed E-state index contributed by atoms with van der Waals surface area (Å²) < 4.78 is 5.01. The topological polar surface area (TPSA) is 35.2 Å². The van der Waals surface area contributed by atoms with Crippen molar-refractivity contribution in [2.24, 2.45) is 5.73 Å². The molecule has 0 saturated carbocycles. The Balaban J connectivity index is 0.000000153. The third-order valence-electron chi connectivity index (χ3n) is 2.19. The lowest BCUT2D eigenvalue weighted by Crippen LogP contribution is -1.97. The fourth-order valence-electron chi connectivity index (χ4n) is 1.27. The van der Waals surface area contributed by atoms with E-state index < -0.39 is 0 Å². The van der Waals surface area contributed by atoms with Crippen LogP contribution in [-0.4, -0.2) is 6.54 Å². The molecule has 0 aromatic heterocycles. The highest BCUT2D eigenvalue weighted by molar-refractivity contribution is 6.32. The number of nitrogens with two attached hydrogens (primary N) is 1. The van der Waals surface area contributed by atoms with Crippen LogP contribution in [0.5, 0.6) is 11.5 Å². The summed E-state index contributed by atoms with van der Waals surface area (Å²) >= 11 is 5.63. The molecule has 1 aromatic rings. The van der Waals surface area contributed by atoms with Crippen molar-refractivity contribution in [3.63, 3.8) is 0 Å². The summed E-state index contributed by atoms with van der Waals surface area (Å²) in [5, 5.41) is 0.694. The third kappa shape index (κ3) is 4.10. The number of unbranched alkanes of at least 4 members (excludes halogenated alkanes) is 3. The summed E-state index contributed by atoms with van der Waals surface area (Å²) in [5.74, 6) is 1.70. The highest BCUT2D eigenvalue weighted by Gasteiger charge is 2.12. The predicted octanol–water partition coefficient (Wildman–Crippen LogP) is 3.97. The van der Waals surface area contributed by atoms with Crippen molar-refractivity contribution in [1.29, 1.82) is 0 Å². The molecule has 0 radical (unpaired) electrons. The van der Waals surface area contributed by atoms with Gasteiger partial charge in [0.1, 0.15) is 11.5 Å². The molecule has 2 aliphatic rings. The molecular formula is C12H18ClNO. The Morgan fingerprint density at radius 2 is 2.00 bits per heavy atom. The fourth-order valence-corrected chi connectivity index (χ4v) is 1.42. The van der Waals surface area contributed by atoms with Crippen LogP contribution < -0.4 is 10.5 Å². The van der Waals surface area contributed by atoms with Gasteiger partial charge in [0.25, 0.3) is 0 Å². The van der Waals surface area contributed by atoms with Crippen molar-refractivity contribution >= 4 is 11.6 Å². The number of halogens is 1. The Bertz CT molecular complexity index is 289. The first-order valence-corrected chi connectivity index (χ1v) is 5.83. The molecule has 2 aliphatic heterocycles. The minimum Gasteiger partial charge on any atom is -0.456 e. The zero-order chi connectivity index (χ0) is 11.1. The van der Waals surface area contributed by atoms with Gasteiger partial charge in [0.05, 0.1) is 5.02 Å². The van der Waals surface area contributed by atoms with E-state index in [4.69, 9.17) is 22.1 Å². The molecule has 1 aromatic carbocycles. The van der Waals surface area contributed by atoms with E-state index in [9.17, 15) is 0 Å². The molecule has 0 saturated heterocycles. The van der Waals surface area contributed by atoms with Gasteiger partial charge in [-0.25, -0.2) is 0 Å². The number of rotatable bonds is 4. The Labute approximate surface area is 96.4 Å². The van der Waals surface area contributed by atoms with Gasteiger partial charge < -0.3 is 10.5 Å². The van der Waals surface area contributed by atoms with Crippen LogP contribution in [0.3, 0.4) is 0 Å². The average molecular weight is 228 g/mol. The Hall–Kier alpha value is -0.730. The number of benzene rings is 1. The first-order chi connectivity index (χ1) is 7.27. The van der Waals surface area contributed by atoms with Crippen LogP contribution in [-0.2, 0) is 0 Å². The molecule has 15 heavy (non-hydrogen) atoms. The van der Waals surface area contributed by atoms with Crippen LogP contribution in [0.1, 0.15) is 32.6 Å². The molecule has 3 rings (SSSR count). The molecule has 84 valence electrons. The molecule has 0 spiro atoms. The van der Waals surface area contributed by atoms with Crippen LogP contribution >= 0.6 is 11.6 Å². The summed E-state index contributed by atoms with van der Waals surface area (Å²) in [4.78, 5) is 0. The Kier molecular flexibility index (Phi) is 5.51. The van der Waals surface area contributed by atoms with E-state index in [-0.39, 0.29) is 0 Å². The van der Waals surface area contributed by atoms with Gasteiger partial charge in [-0.3, -0.25) is 0 Å². The molecular weight excluding hydrogens is 210 g/mol. The molecule has 0 aliphatic carbocycles. The molecule has 0 amide bonds. The van der Waals surface area contributed by atoms with Gasteiger partial charge in [0.2, 0.25) is 0 Å². The largest absolute Gasteiger partial charge is 0.456 e. The highest BCUT2D eigenvalue weighted by Crippen LogP contribution is 2.40. The van der Waals surface area contributed by atoms with Crippen LogP contribution in [0, 0.1) is 0 Å². The maximum atomic E-state index is 5.63. The fraction of sp³-hybridized carbons (Fsp3) is 0.500. The van der Waals surface area contributed by atoms with Crippen LogP contribution in [0.15, 0.2) is 18.2 Å². The molecule has 3 heteroatoms. The van der Waals surface area contributed by atoms with Crippen LogP contribution in [0.25, 0.3) is 0 Å². The number of fused-ring (bicyclic) bond motifs is 2. The number of ether oxygens (including phenoxy) is 1. The van der Waals surface area contributed by atoms with E-state index in [2.05, 4.69) is 6.92 Å². The molecule has 0 unspecified atom stereocenters. The van der Waals surface area contributed by atoms with Gasteiger partial charge in [0, 0.05) is 6.07 Å². The van der Waals surface area contributed by atoms with E-state index in [0.717, 1.165) is 18.0 Å². The van der Waals surface area contributed by atoms with Gasteiger partial charge >= 0.3 is 0 Å². The van der Waals surface area contributed by atoms with E-state index in [1.807, 2.05) is 18.2 Å². The quantitative estimate of drug-likeness (QED) is 0.803. The summed E-state index contributed by atoms with van der Waals surface area (Å²) in [6, 6.07) is 5.58. The third-order valence-corrected chi connectivity index (χ3v) is 2.50. The van der Waals surface area contributed by atoms with Crippen molar-refractivity contribution < 1.29 is 4.74 Å². The van der Waals surface area contributed by atoms with Gasteiger partial charge in [0.15, 0.2) is 0 Å². The maximum Gasteiger partial charge on any atom is 0.149 e. The van der Waals surface area contributed by atoms with Crippen LogP contribution in [0.2, 0.25) is 5.02 Å². The SMILES string of the molecule is CCCCCCN.Clc1ccc2cc1O2. The van der Waals surface area contributed by atoms with Crippen molar-refractivity contribution in [3.8, 4) is 11.5 Å². The minimum absolute atomic E-state index is 0.694. The summed E-state index contributed by atoms with van der Waals surface area (Å²) in [6.45, 7) is 3.07. The van der Waals surface area contributed by atoms with E-state index in [1.54, 1.807) is 0 Å². The van der Waals surface area contributed by atoms with Crippen molar-refractivity contribution in [2.45, 2.75) is 32.6 Å². The van der Waals surface area contributed by atoms with Gasteiger partial charge in [-0.1, -0.05) is 37.8 Å². The summed E-state index contributed by atoms with van der Waals surface area (Å²) in [6.07, 6.45) is 5.16. The molecule has 0 atom stereocenters. The highest BCUT2D eigenvalue weighted by atomic mass is 35.5. The normalized spacial score (nSPS) is 10.9. The number of hydrogen-bond acceptors (Lipinski definition) is 2. The average Bonchev–Trinajstić information content (AvgIpc) is 2.18. The van der Waals surface area contributed by atoms with Crippen molar-refractivity contribution in [1.82, 2.24) is 0 Å². The monoisotopic (exact) mass is 227 g/mol. The van der Waals surface area contributed by atoms with Gasteiger partial charge in [-0.15, -0.1) is 0 Å². The molecule has 0 fully saturated rings. The smallest absolute Gasteiger partial charge is 0.149 e. The lowest BCUT2D eigenvalue weighted by atomic mass is 10.2. The zero-order valence-electron chi connectivity index (χ0n) is 9.13. The second-order valence-electron chi connectivity index (χ2n) is 3.54. The summed E-state index contributed by atoms with van der Waals surface area (Å²) in [7, 11) is 0. The van der Waals surface area contributed by atoms with Gasteiger partial charge in [-0.2, -0.15) is 0 Å². The van der Waals surface area contributed by atoms with Crippen molar-refractivity contribution in [3.05, 3.63) is 23.2 Å². The minimum atomic E-state index is 0.694. The lowest BCUT2D eigenvalue weighted by molar-refractivity contribution is 0.439. The Morgan fingerprint density at radius 1 is 1.27 bits per heavy atom. The second kappa shape index (κ2) is 6.70. The first-order valence-electron chi connectivity index (χ1n) is 5.45. The first kappa shape index (κ1) is 12.3. The molecule has 2 N–H and O–H groups in total. The Morgan fingerprint density at radius 3 is 2.33 bits per heavy atom.